The quantitative estimate of drug-likeness (QED) is 0.664. The predicted molar refractivity (Wildman–Crippen MR) is 110 cm³/mol. The Kier molecular flexibility index (Phi) is 5.31. The number of hydrogen-bond donors (Lipinski definition) is 0. The number of aromatic nitrogens is 2. The first kappa shape index (κ1) is 19.1. The van der Waals surface area contributed by atoms with Crippen LogP contribution in [-0.2, 0) is 11.3 Å². The third-order valence-corrected chi connectivity index (χ3v) is 4.99. The summed E-state index contributed by atoms with van der Waals surface area (Å²) in [4.78, 5) is 21.1. The number of piperazine rings is 1. The summed E-state index contributed by atoms with van der Waals surface area (Å²) in [5.41, 5.74) is 4.14. The third kappa shape index (κ3) is 4.30. The molecule has 1 saturated heterocycles. The molecule has 0 aliphatic carbocycles. The largest absolute Gasteiger partial charge is 0.497 e. The maximum atomic E-state index is 12.7. The topological polar surface area (TPSA) is 71.7 Å². The number of ether oxygens (including phenoxy) is 1. The molecule has 0 saturated carbocycles. The number of amides is 1. The summed E-state index contributed by atoms with van der Waals surface area (Å²) in [5.74, 6) is 1.89. The van der Waals surface area contributed by atoms with Crippen LogP contribution in [0.1, 0.15) is 17.0 Å². The van der Waals surface area contributed by atoms with Crippen molar-refractivity contribution < 1.29 is 14.1 Å². The molecule has 29 heavy (non-hydrogen) atoms. The van der Waals surface area contributed by atoms with Gasteiger partial charge in [0.15, 0.2) is 0 Å². The van der Waals surface area contributed by atoms with Gasteiger partial charge in [0.2, 0.25) is 17.6 Å². The predicted octanol–water partition coefficient (Wildman–Crippen LogP) is 3.21. The Morgan fingerprint density at radius 1 is 1.07 bits per heavy atom. The molecular weight excluding hydrogens is 368 g/mol. The first-order valence-electron chi connectivity index (χ1n) is 9.60. The summed E-state index contributed by atoms with van der Waals surface area (Å²) in [6, 6.07) is 13.7. The van der Waals surface area contributed by atoms with Gasteiger partial charge in [0.1, 0.15) is 5.75 Å². The first-order valence-corrected chi connectivity index (χ1v) is 9.60. The normalized spacial score (nSPS) is 15.0. The number of hydrogen-bond acceptors (Lipinski definition) is 6. The second kappa shape index (κ2) is 8.05. The van der Waals surface area contributed by atoms with Gasteiger partial charge >= 0.3 is 0 Å². The Morgan fingerprint density at radius 2 is 1.79 bits per heavy atom. The van der Waals surface area contributed by atoms with E-state index < -0.39 is 0 Å². The van der Waals surface area contributed by atoms with Crippen LogP contribution >= 0.6 is 0 Å². The van der Waals surface area contributed by atoms with Crippen molar-refractivity contribution in [3.8, 4) is 17.1 Å². The molecule has 7 heteroatoms. The smallest absolute Gasteiger partial charge is 0.241 e. The summed E-state index contributed by atoms with van der Waals surface area (Å²) in [7, 11) is 1.63. The number of aryl methyl sites for hydroxylation is 2. The van der Waals surface area contributed by atoms with Crippen molar-refractivity contribution in [3.63, 3.8) is 0 Å². The van der Waals surface area contributed by atoms with E-state index in [-0.39, 0.29) is 5.91 Å². The Balaban J connectivity index is 1.40. The minimum absolute atomic E-state index is 0.0798. The number of methoxy groups -OCH3 is 1. The van der Waals surface area contributed by atoms with E-state index in [0.717, 1.165) is 34.7 Å². The lowest BCUT2D eigenvalue weighted by Gasteiger charge is -2.33. The highest BCUT2D eigenvalue weighted by Gasteiger charge is 2.26. The molecule has 1 aliphatic heterocycles. The molecule has 3 aromatic rings. The number of anilines is 1. The van der Waals surface area contributed by atoms with Crippen LogP contribution in [0.2, 0.25) is 0 Å². The summed E-state index contributed by atoms with van der Waals surface area (Å²) in [6.45, 7) is 6.27. The fourth-order valence-corrected chi connectivity index (χ4v) is 3.60. The minimum atomic E-state index is 0.0798. The molecule has 1 amide bonds. The molecule has 0 spiro atoms. The summed E-state index contributed by atoms with van der Waals surface area (Å²) in [6.07, 6.45) is 0. The number of nitrogens with zero attached hydrogens (tertiary/aromatic N) is 4. The molecule has 0 unspecified atom stereocenters. The average Bonchev–Trinajstić information content (AvgIpc) is 3.16. The zero-order chi connectivity index (χ0) is 20.4. The number of carbonyl (C=O) groups is 1. The van der Waals surface area contributed by atoms with Crippen LogP contribution in [-0.4, -0.2) is 47.7 Å². The van der Waals surface area contributed by atoms with Gasteiger partial charge in [-0.25, -0.2) is 0 Å². The van der Waals surface area contributed by atoms with E-state index in [2.05, 4.69) is 28.3 Å². The first-order chi connectivity index (χ1) is 14.0. The lowest BCUT2D eigenvalue weighted by molar-refractivity contribution is -0.121. The Bertz CT molecular complexity index is 993. The Hall–Kier alpha value is -3.19. The Morgan fingerprint density at radius 3 is 2.45 bits per heavy atom. The SMILES string of the molecule is COc1ccc(-c2noc(CN3CCN(c4cc(C)cc(C)c4)C(=O)C3)n2)cc1. The molecule has 0 bridgehead atoms. The van der Waals surface area contributed by atoms with Crippen LogP contribution in [0.25, 0.3) is 11.4 Å². The summed E-state index contributed by atoms with van der Waals surface area (Å²) in [5, 5.41) is 4.06. The molecule has 0 atom stereocenters. The number of carbonyl (C=O) groups excluding carboxylic acids is 1. The van der Waals surface area contributed by atoms with Gasteiger partial charge in [0.25, 0.3) is 0 Å². The number of benzene rings is 2. The van der Waals surface area contributed by atoms with E-state index >= 15 is 0 Å². The maximum absolute atomic E-state index is 12.7. The van der Waals surface area contributed by atoms with Crippen molar-refractivity contribution in [2.45, 2.75) is 20.4 Å². The van der Waals surface area contributed by atoms with Crippen molar-refractivity contribution >= 4 is 11.6 Å². The van der Waals surface area contributed by atoms with E-state index in [1.54, 1.807) is 7.11 Å². The van der Waals surface area contributed by atoms with E-state index in [0.29, 0.717) is 31.3 Å². The third-order valence-electron chi connectivity index (χ3n) is 4.99. The van der Waals surface area contributed by atoms with Crippen LogP contribution in [0.4, 0.5) is 5.69 Å². The van der Waals surface area contributed by atoms with Gasteiger partial charge in [0.05, 0.1) is 20.2 Å². The van der Waals surface area contributed by atoms with Gasteiger partial charge < -0.3 is 14.2 Å². The van der Waals surface area contributed by atoms with Crippen molar-refractivity contribution in [1.82, 2.24) is 15.0 Å². The lowest BCUT2D eigenvalue weighted by atomic mass is 10.1. The second-order valence-electron chi connectivity index (χ2n) is 7.34. The molecule has 4 rings (SSSR count). The van der Waals surface area contributed by atoms with E-state index in [4.69, 9.17) is 9.26 Å². The molecule has 2 heterocycles. The van der Waals surface area contributed by atoms with Gasteiger partial charge in [-0.05, 0) is 61.4 Å². The molecule has 2 aromatic carbocycles. The Labute approximate surface area is 169 Å². The van der Waals surface area contributed by atoms with Crippen LogP contribution in [0.5, 0.6) is 5.75 Å². The van der Waals surface area contributed by atoms with Gasteiger partial charge in [0, 0.05) is 24.3 Å². The van der Waals surface area contributed by atoms with E-state index in [9.17, 15) is 4.79 Å². The highest BCUT2D eigenvalue weighted by Crippen LogP contribution is 2.23. The molecule has 0 N–H and O–H groups in total. The standard InChI is InChI=1S/C22H24N4O3/c1-15-10-16(2)12-18(11-15)26-9-8-25(14-21(26)27)13-20-23-22(24-29-20)17-4-6-19(28-3)7-5-17/h4-7,10-12H,8-9,13-14H2,1-3H3. The van der Waals surface area contributed by atoms with Gasteiger partial charge in [-0.1, -0.05) is 11.2 Å². The fraction of sp³-hybridized carbons (Fsp3) is 0.318. The van der Waals surface area contributed by atoms with Gasteiger partial charge in [-0.3, -0.25) is 9.69 Å². The zero-order valence-electron chi connectivity index (χ0n) is 16.9. The molecule has 1 aliphatic rings. The molecule has 150 valence electrons. The molecule has 1 fully saturated rings. The average molecular weight is 392 g/mol. The molecule has 1 aromatic heterocycles. The lowest BCUT2D eigenvalue weighted by Crippen LogP contribution is -2.50. The second-order valence-corrected chi connectivity index (χ2v) is 7.34. The van der Waals surface area contributed by atoms with E-state index in [1.807, 2.05) is 47.9 Å². The van der Waals surface area contributed by atoms with Crippen LogP contribution in [0.3, 0.4) is 0 Å². The van der Waals surface area contributed by atoms with Crippen molar-refractivity contribution in [1.29, 1.82) is 0 Å². The monoisotopic (exact) mass is 392 g/mol. The van der Waals surface area contributed by atoms with E-state index in [1.165, 1.54) is 0 Å². The molecular formula is C22H24N4O3. The van der Waals surface area contributed by atoms with Crippen molar-refractivity contribution in [3.05, 3.63) is 59.5 Å². The fourth-order valence-electron chi connectivity index (χ4n) is 3.60. The molecule has 7 nitrogen and oxygen atoms in total. The van der Waals surface area contributed by atoms with Crippen molar-refractivity contribution in [2.75, 3.05) is 31.6 Å². The van der Waals surface area contributed by atoms with Crippen LogP contribution in [0.15, 0.2) is 47.0 Å². The summed E-state index contributed by atoms with van der Waals surface area (Å²) >= 11 is 0. The van der Waals surface area contributed by atoms with Gasteiger partial charge in [-0.2, -0.15) is 4.98 Å². The minimum Gasteiger partial charge on any atom is -0.497 e. The van der Waals surface area contributed by atoms with Crippen molar-refractivity contribution in [2.24, 2.45) is 0 Å². The van der Waals surface area contributed by atoms with Crippen LogP contribution in [0, 0.1) is 13.8 Å². The highest BCUT2D eigenvalue weighted by atomic mass is 16.5. The maximum Gasteiger partial charge on any atom is 0.241 e. The van der Waals surface area contributed by atoms with Crippen LogP contribution < -0.4 is 9.64 Å². The molecule has 0 radical (unpaired) electrons. The zero-order valence-corrected chi connectivity index (χ0v) is 16.9. The van der Waals surface area contributed by atoms with Gasteiger partial charge in [-0.15, -0.1) is 0 Å². The summed E-state index contributed by atoms with van der Waals surface area (Å²) < 4.78 is 10.6. The number of rotatable bonds is 5. The highest BCUT2D eigenvalue weighted by molar-refractivity contribution is 5.95.